The molecular formula is C17H23ClN2O4. The molecule has 1 fully saturated rings. The van der Waals surface area contributed by atoms with Gasteiger partial charge in [0, 0.05) is 30.6 Å². The minimum atomic E-state index is -0.923. The fourth-order valence-electron chi connectivity index (χ4n) is 3.03. The highest BCUT2D eigenvalue weighted by molar-refractivity contribution is 6.30. The summed E-state index contributed by atoms with van der Waals surface area (Å²) < 4.78 is 5.87. The Morgan fingerprint density at radius 2 is 2.29 bits per heavy atom. The third kappa shape index (κ3) is 5.11. The van der Waals surface area contributed by atoms with Gasteiger partial charge >= 0.3 is 6.09 Å². The molecular weight excluding hydrogens is 332 g/mol. The van der Waals surface area contributed by atoms with Crippen molar-refractivity contribution >= 4 is 23.6 Å². The first-order valence-electron chi connectivity index (χ1n) is 8.13. The van der Waals surface area contributed by atoms with E-state index in [1.165, 1.54) is 4.90 Å². The van der Waals surface area contributed by atoms with Crippen LogP contribution in [-0.4, -0.2) is 48.2 Å². The van der Waals surface area contributed by atoms with E-state index in [0.29, 0.717) is 24.7 Å². The first kappa shape index (κ1) is 18.5. The quantitative estimate of drug-likeness (QED) is 0.823. The number of amides is 2. The van der Waals surface area contributed by atoms with Crippen LogP contribution in [0, 0.1) is 5.92 Å². The van der Waals surface area contributed by atoms with Gasteiger partial charge in [-0.05, 0) is 37.5 Å². The van der Waals surface area contributed by atoms with Gasteiger partial charge < -0.3 is 20.1 Å². The molecule has 1 aliphatic rings. The van der Waals surface area contributed by atoms with Crippen LogP contribution in [0.2, 0.25) is 5.02 Å². The molecule has 0 aliphatic carbocycles. The maximum Gasteiger partial charge on any atom is 0.407 e. The van der Waals surface area contributed by atoms with Crippen molar-refractivity contribution in [1.82, 2.24) is 10.2 Å². The van der Waals surface area contributed by atoms with E-state index in [2.05, 4.69) is 5.32 Å². The lowest BCUT2D eigenvalue weighted by atomic mass is 9.88. The Kier molecular flexibility index (Phi) is 6.87. The number of carboxylic acid groups (broad SMARTS) is 1. The molecule has 2 amide bonds. The molecule has 1 heterocycles. The fourth-order valence-corrected chi connectivity index (χ4v) is 3.23. The van der Waals surface area contributed by atoms with Gasteiger partial charge in [-0.15, -0.1) is 0 Å². The summed E-state index contributed by atoms with van der Waals surface area (Å²) in [5.41, 5.74) is 0.865. The van der Waals surface area contributed by atoms with Crippen LogP contribution in [0.1, 0.15) is 31.4 Å². The van der Waals surface area contributed by atoms with E-state index in [9.17, 15) is 14.7 Å². The van der Waals surface area contributed by atoms with Crippen LogP contribution in [0.15, 0.2) is 24.3 Å². The largest absolute Gasteiger partial charge is 0.465 e. The Morgan fingerprint density at radius 3 is 2.96 bits per heavy atom. The topological polar surface area (TPSA) is 78.9 Å². The number of likely N-dealkylation sites (tertiary alicyclic amines) is 1. The lowest BCUT2D eigenvalue weighted by molar-refractivity contribution is -0.129. The lowest BCUT2D eigenvalue weighted by Crippen LogP contribution is -2.41. The second kappa shape index (κ2) is 8.89. The number of benzene rings is 1. The number of nitrogens with zero attached hydrogens (tertiary/aromatic N) is 1. The maximum atomic E-state index is 11.7. The van der Waals surface area contributed by atoms with Gasteiger partial charge in [0.25, 0.3) is 0 Å². The summed E-state index contributed by atoms with van der Waals surface area (Å²) in [4.78, 5) is 24.4. The summed E-state index contributed by atoms with van der Waals surface area (Å²) in [5, 5.41) is 12.5. The Morgan fingerprint density at radius 1 is 1.50 bits per heavy atom. The average molecular weight is 355 g/mol. The van der Waals surface area contributed by atoms with E-state index in [4.69, 9.17) is 16.3 Å². The molecule has 1 aromatic carbocycles. The molecule has 0 saturated carbocycles. The second-order valence-electron chi connectivity index (χ2n) is 5.87. The molecule has 24 heavy (non-hydrogen) atoms. The molecule has 0 radical (unpaired) electrons. The van der Waals surface area contributed by atoms with Gasteiger partial charge in [0.05, 0.1) is 6.10 Å². The van der Waals surface area contributed by atoms with Crippen molar-refractivity contribution < 1.29 is 19.4 Å². The third-order valence-corrected chi connectivity index (χ3v) is 4.34. The van der Waals surface area contributed by atoms with E-state index in [1.54, 1.807) is 6.07 Å². The standard InChI is InChI=1S/C17H23ClN2O4/c1-2-19-15(21)11-24-16(12-5-3-7-14(18)9-12)13-6-4-8-20(10-13)17(22)23/h3,5,7,9,13,16H,2,4,6,8,10-11H2,1H3,(H,19,21)(H,22,23)/t13-,16+/m1/s1. The normalized spacial score (nSPS) is 18.9. The number of carbonyl (C=O) groups is 2. The van der Waals surface area contributed by atoms with Crippen molar-refractivity contribution in [3.8, 4) is 0 Å². The van der Waals surface area contributed by atoms with E-state index in [0.717, 1.165) is 18.4 Å². The number of likely N-dealkylation sites (N-methyl/N-ethyl adjacent to an activating group) is 1. The number of piperidine rings is 1. The van der Waals surface area contributed by atoms with Gasteiger partial charge in [0.15, 0.2) is 0 Å². The van der Waals surface area contributed by atoms with Crippen LogP contribution in [0.3, 0.4) is 0 Å². The van der Waals surface area contributed by atoms with Crippen molar-refractivity contribution in [3.63, 3.8) is 0 Å². The van der Waals surface area contributed by atoms with Crippen molar-refractivity contribution in [2.75, 3.05) is 26.2 Å². The monoisotopic (exact) mass is 354 g/mol. The Hall–Kier alpha value is -1.79. The second-order valence-corrected chi connectivity index (χ2v) is 6.31. The van der Waals surface area contributed by atoms with Crippen LogP contribution in [0.25, 0.3) is 0 Å². The molecule has 2 rings (SSSR count). The number of ether oxygens (including phenoxy) is 1. The zero-order chi connectivity index (χ0) is 17.5. The van der Waals surface area contributed by atoms with Crippen LogP contribution in [0.5, 0.6) is 0 Å². The molecule has 1 saturated heterocycles. The Bertz CT molecular complexity index is 581. The first-order valence-corrected chi connectivity index (χ1v) is 8.50. The number of halogens is 1. The van der Waals surface area contributed by atoms with E-state index in [-0.39, 0.29) is 24.5 Å². The van der Waals surface area contributed by atoms with Gasteiger partial charge in [0.2, 0.25) is 5.91 Å². The molecule has 132 valence electrons. The van der Waals surface area contributed by atoms with Crippen LogP contribution >= 0.6 is 11.6 Å². The third-order valence-electron chi connectivity index (χ3n) is 4.10. The zero-order valence-electron chi connectivity index (χ0n) is 13.7. The van der Waals surface area contributed by atoms with Crippen LogP contribution in [-0.2, 0) is 9.53 Å². The summed E-state index contributed by atoms with van der Waals surface area (Å²) >= 11 is 6.08. The molecule has 7 heteroatoms. The summed E-state index contributed by atoms with van der Waals surface area (Å²) in [7, 11) is 0. The zero-order valence-corrected chi connectivity index (χ0v) is 14.5. The lowest BCUT2D eigenvalue weighted by Gasteiger charge is -2.35. The van der Waals surface area contributed by atoms with Gasteiger partial charge in [-0.1, -0.05) is 23.7 Å². The van der Waals surface area contributed by atoms with Crippen LogP contribution in [0.4, 0.5) is 4.79 Å². The van der Waals surface area contributed by atoms with Gasteiger partial charge in [0.1, 0.15) is 6.61 Å². The summed E-state index contributed by atoms with van der Waals surface area (Å²) in [6.07, 6.45) is 0.330. The number of hydrogen-bond acceptors (Lipinski definition) is 3. The van der Waals surface area contributed by atoms with Gasteiger partial charge in [-0.3, -0.25) is 4.79 Å². The maximum absolute atomic E-state index is 11.7. The van der Waals surface area contributed by atoms with E-state index in [1.807, 2.05) is 25.1 Å². The predicted octanol–water partition coefficient (Wildman–Crippen LogP) is 2.92. The fraction of sp³-hybridized carbons (Fsp3) is 0.529. The Labute approximate surface area is 146 Å². The average Bonchev–Trinajstić information content (AvgIpc) is 2.55. The first-order chi connectivity index (χ1) is 11.5. The number of nitrogens with one attached hydrogen (secondary N) is 1. The predicted molar refractivity (Wildman–Crippen MR) is 91.2 cm³/mol. The molecule has 0 bridgehead atoms. The summed E-state index contributed by atoms with van der Waals surface area (Å²) in [5.74, 6) is -0.196. The summed E-state index contributed by atoms with van der Waals surface area (Å²) in [6, 6.07) is 7.31. The molecule has 1 aliphatic heterocycles. The SMILES string of the molecule is CCNC(=O)CO[C@@H](c1cccc(Cl)c1)[C@@H]1CCCN(C(=O)O)C1. The van der Waals surface area contributed by atoms with Crippen molar-refractivity contribution in [2.24, 2.45) is 5.92 Å². The van der Waals surface area contributed by atoms with Gasteiger partial charge in [-0.2, -0.15) is 0 Å². The van der Waals surface area contributed by atoms with Crippen LogP contribution < -0.4 is 5.32 Å². The highest BCUT2D eigenvalue weighted by Crippen LogP contribution is 2.33. The number of hydrogen-bond donors (Lipinski definition) is 2. The minimum Gasteiger partial charge on any atom is -0.465 e. The molecule has 2 atom stereocenters. The highest BCUT2D eigenvalue weighted by Gasteiger charge is 2.31. The molecule has 2 N–H and O–H groups in total. The molecule has 0 unspecified atom stereocenters. The van der Waals surface area contributed by atoms with Crippen molar-refractivity contribution in [1.29, 1.82) is 0 Å². The van der Waals surface area contributed by atoms with E-state index < -0.39 is 6.09 Å². The molecule has 0 spiro atoms. The summed E-state index contributed by atoms with van der Waals surface area (Å²) in [6.45, 7) is 3.25. The van der Waals surface area contributed by atoms with Crippen molar-refractivity contribution in [3.05, 3.63) is 34.9 Å². The minimum absolute atomic E-state index is 0.0113. The van der Waals surface area contributed by atoms with E-state index >= 15 is 0 Å². The van der Waals surface area contributed by atoms with Gasteiger partial charge in [-0.25, -0.2) is 4.79 Å². The number of carbonyl (C=O) groups excluding carboxylic acids is 1. The van der Waals surface area contributed by atoms with Crippen molar-refractivity contribution in [2.45, 2.75) is 25.9 Å². The Balaban J connectivity index is 2.15. The molecule has 0 aromatic heterocycles. The molecule has 1 aromatic rings. The number of rotatable bonds is 6. The molecule has 6 nitrogen and oxygen atoms in total. The smallest absolute Gasteiger partial charge is 0.407 e. The highest BCUT2D eigenvalue weighted by atomic mass is 35.5.